The molecule has 1 aromatic rings. The zero-order valence-electron chi connectivity index (χ0n) is 12.6. The second kappa shape index (κ2) is 7.26. The van der Waals surface area contributed by atoms with Crippen LogP contribution < -0.4 is 10.1 Å². The third-order valence-corrected chi connectivity index (χ3v) is 4.99. The number of carboxylic acids is 1. The third kappa shape index (κ3) is 4.73. The maximum atomic E-state index is 12.2. The summed E-state index contributed by atoms with van der Waals surface area (Å²) in [7, 11) is -2.18. The summed E-state index contributed by atoms with van der Waals surface area (Å²) in [5, 5.41) is 11.0. The zero-order valence-corrected chi connectivity index (χ0v) is 13.4. The van der Waals surface area contributed by atoms with Gasteiger partial charge in [0.2, 0.25) is 5.91 Å². The van der Waals surface area contributed by atoms with Gasteiger partial charge < -0.3 is 15.2 Å². The summed E-state index contributed by atoms with van der Waals surface area (Å²) in [6, 6.07) is 4.77. The molecular formula is C14H19NO6S. The van der Waals surface area contributed by atoms with Crippen molar-refractivity contribution in [3.8, 4) is 5.75 Å². The predicted molar refractivity (Wildman–Crippen MR) is 79.5 cm³/mol. The van der Waals surface area contributed by atoms with Crippen molar-refractivity contribution in [1.82, 2.24) is 5.32 Å². The van der Waals surface area contributed by atoms with E-state index < -0.39 is 39.4 Å². The number of carboxylic acid groups (broad SMARTS) is 1. The van der Waals surface area contributed by atoms with Crippen LogP contribution in [0.2, 0.25) is 0 Å². The molecule has 0 aliphatic carbocycles. The van der Waals surface area contributed by atoms with E-state index in [-0.39, 0.29) is 4.90 Å². The number of aliphatic carboxylic acids is 1. The molecule has 0 aromatic heterocycles. The van der Waals surface area contributed by atoms with E-state index in [1.807, 2.05) is 0 Å². The third-order valence-electron chi connectivity index (χ3n) is 3.06. The van der Waals surface area contributed by atoms with E-state index in [2.05, 4.69) is 5.32 Å². The Hall–Kier alpha value is -2.09. The fourth-order valence-corrected chi connectivity index (χ4v) is 3.25. The quantitative estimate of drug-likeness (QED) is 0.762. The summed E-state index contributed by atoms with van der Waals surface area (Å²) in [6.45, 7) is 2.75. The molecule has 2 atom stereocenters. The smallest absolute Gasteiger partial charge is 0.325 e. The Morgan fingerprint density at radius 2 is 1.77 bits per heavy atom. The Bertz CT molecular complexity index is 638. The maximum Gasteiger partial charge on any atom is 0.325 e. The fraction of sp³-hybridized carbons (Fsp3) is 0.429. The highest BCUT2D eigenvalue weighted by Crippen LogP contribution is 2.18. The highest BCUT2D eigenvalue weighted by Gasteiger charge is 2.25. The lowest BCUT2D eigenvalue weighted by molar-refractivity contribution is -0.141. The van der Waals surface area contributed by atoms with E-state index in [0.717, 1.165) is 0 Å². The number of hydrogen-bond donors (Lipinski definition) is 2. The van der Waals surface area contributed by atoms with Crippen LogP contribution in [-0.4, -0.2) is 44.3 Å². The molecule has 1 rings (SSSR count). The van der Waals surface area contributed by atoms with Crippen molar-refractivity contribution in [2.45, 2.75) is 24.8 Å². The second-order valence-corrected chi connectivity index (χ2v) is 6.96. The molecule has 0 bridgehead atoms. The van der Waals surface area contributed by atoms with Crippen molar-refractivity contribution in [3.63, 3.8) is 0 Å². The van der Waals surface area contributed by atoms with Gasteiger partial charge in [-0.15, -0.1) is 0 Å². The van der Waals surface area contributed by atoms with E-state index in [1.54, 1.807) is 0 Å². The van der Waals surface area contributed by atoms with Gasteiger partial charge in [-0.2, -0.15) is 0 Å². The zero-order chi connectivity index (χ0) is 16.9. The van der Waals surface area contributed by atoms with Gasteiger partial charge in [-0.3, -0.25) is 9.59 Å². The Morgan fingerprint density at radius 1 is 1.23 bits per heavy atom. The molecule has 0 spiro atoms. The van der Waals surface area contributed by atoms with Crippen LogP contribution in [0.1, 0.15) is 13.8 Å². The number of carbonyl (C=O) groups excluding carboxylic acids is 1. The van der Waals surface area contributed by atoms with E-state index in [9.17, 15) is 18.0 Å². The molecule has 1 aromatic carbocycles. The lowest BCUT2D eigenvalue weighted by atomic mass is 10.2. The molecule has 122 valence electrons. The lowest BCUT2D eigenvalue weighted by Crippen LogP contribution is -2.42. The number of carbonyl (C=O) groups is 2. The van der Waals surface area contributed by atoms with E-state index in [1.165, 1.54) is 45.2 Å². The number of nitrogens with one attached hydrogen (secondary N) is 1. The van der Waals surface area contributed by atoms with Gasteiger partial charge in [0.05, 0.1) is 17.8 Å². The van der Waals surface area contributed by atoms with E-state index in [4.69, 9.17) is 9.84 Å². The molecule has 7 nitrogen and oxygen atoms in total. The molecule has 0 saturated carbocycles. The molecule has 2 unspecified atom stereocenters. The molecule has 0 fully saturated rings. The van der Waals surface area contributed by atoms with Crippen molar-refractivity contribution >= 4 is 21.7 Å². The first-order valence-electron chi connectivity index (χ1n) is 6.57. The summed E-state index contributed by atoms with van der Waals surface area (Å²) in [5.74, 6) is -2.54. The Morgan fingerprint density at radius 3 is 2.23 bits per heavy atom. The van der Waals surface area contributed by atoms with Gasteiger partial charge >= 0.3 is 5.97 Å². The number of methoxy groups -OCH3 is 1. The van der Waals surface area contributed by atoms with Crippen LogP contribution in [0.5, 0.6) is 5.75 Å². The average Bonchev–Trinajstić information content (AvgIpc) is 2.46. The Labute approximate surface area is 129 Å². The Kier molecular flexibility index (Phi) is 5.92. The monoisotopic (exact) mass is 329 g/mol. The van der Waals surface area contributed by atoms with E-state index in [0.29, 0.717) is 5.75 Å². The molecule has 0 saturated heterocycles. The van der Waals surface area contributed by atoms with Crippen LogP contribution in [0, 0.1) is 5.92 Å². The van der Waals surface area contributed by atoms with Crippen LogP contribution >= 0.6 is 0 Å². The largest absolute Gasteiger partial charge is 0.497 e. The predicted octanol–water partition coefficient (Wildman–Crippen LogP) is 0.694. The first kappa shape index (κ1) is 18.0. The van der Waals surface area contributed by atoms with Crippen molar-refractivity contribution < 1.29 is 27.9 Å². The molecule has 0 aliphatic rings. The summed E-state index contributed by atoms with van der Waals surface area (Å²) < 4.78 is 29.4. The number of ether oxygens (including phenoxy) is 1. The highest BCUT2D eigenvalue weighted by molar-refractivity contribution is 7.91. The van der Waals surface area contributed by atoms with E-state index >= 15 is 0 Å². The Balaban J connectivity index is 2.78. The van der Waals surface area contributed by atoms with Gasteiger partial charge in [-0.25, -0.2) is 8.42 Å². The maximum absolute atomic E-state index is 12.2. The van der Waals surface area contributed by atoms with Crippen LogP contribution in [0.3, 0.4) is 0 Å². The SMILES string of the molecule is COc1ccc(S(=O)(=O)CC(C)C(=O)NC(C)C(=O)O)cc1. The molecule has 0 aliphatic heterocycles. The highest BCUT2D eigenvalue weighted by atomic mass is 32.2. The number of rotatable bonds is 7. The molecule has 22 heavy (non-hydrogen) atoms. The first-order valence-corrected chi connectivity index (χ1v) is 8.22. The lowest BCUT2D eigenvalue weighted by Gasteiger charge is -2.15. The first-order chi connectivity index (χ1) is 10.2. The second-order valence-electron chi connectivity index (χ2n) is 4.93. The molecule has 0 radical (unpaired) electrons. The van der Waals surface area contributed by atoms with Gasteiger partial charge in [0.25, 0.3) is 0 Å². The van der Waals surface area contributed by atoms with Crippen LogP contribution in [0.25, 0.3) is 0 Å². The van der Waals surface area contributed by atoms with Crippen molar-refractivity contribution in [1.29, 1.82) is 0 Å². The molecule has 8 heteroatoms. The average molecular weight is 329 g/mol. The summed E-state index contributed by atoms with van der Waals surface area (Å²) >= 11 is 0. The van der Waals surface area contributed by atoms with Crippen molar-refractivity contribution in [3.05, 3.63) is 24.3 Å². The van der Waals surface area contributed by atoms with Crippen molar-refractivity contribution in [2.75, 3.05) is 12.9 Å². The summed E-state index contributed by atoms with van der Waals surface area (Å²) in [6.07, 6.45) is 0. The van der Waals surface area contributed by atoms with Crippen LogP contribution in [0.15, 0.2) is 29.2 Å². The van der Waals surface area contributed by atoms with Gasteiger partial charge in [0.15, 0.2) is 9.84 Å². The number of sulfone groups is 1. The molecular weight excluding hydrogens is 310 g/mol. The fourth-order valence-electron chi connectivity index (χ4n) is 1.70. The molecule has 2 N–H and O–H groups in total. The van der Waals surface area contributed by atoms with Gasteiger partial charge in [0.1, 0.15) is 11.8 Å². The van der Waals surface area contributed by atoms with Gasteiger partial charge in [-0.05, 0) is 31.2 Å². The summed E-state index contributed by atoms with van der Waals surface area (Å²) in [5.41, 5.74) is 0. The van der Waals surface area contributed by atoms with Gasteiger partial charge in [-0.1, -0.05) is 6.92 Å². The topological polar surface area (TPSA) is 110 Å². The summed E-state index contributed by atoms with van der Waals surface area (Å²) in [4.78, 5) is 22.6. The minimum absolute atomic E-state index is 0.0826. The minimum atomic E-state index is -3.65. The number of benzene rings is 1. The molecule has 1 amide bonds. The van der Waals surface area contributed by atoms with Crippen molar-refractivity contribution in [2.24, 2.45) is 5.92 Å². The normalized spacial score (nSPS) is 14.0. The van der Waals surface area contributed by atoms with Crippen LogP contribution in [-0.2, 0) is 19.4 Å². The number of amides is 1. The minimum Gasteiger partial charge on any atom is -0.497 e. The van der Waals surface area contributed by atoms with Gasteiger partial charge in [0, 0.05) is 5.92 Å². The molecule has 0 heterocycles. The van der Waals surface area contributed by atoms with Crippen LogP contribution in [0.4, 0.5) is 0 Å². The number of hydrogen-bond acceptors (Lipinski definition) is 5. The standard InChI is InChI=1S/C14H19NO6S/c1-9(13(16)15-10(2)14(17)18)8-22(19,20)12-6-4-11(21-3)5-7-12/h4-7,9-10H,8H2,1-3H3,(H,15,16)(H,17,18).